The van der Waals surface area contributed by atoms with Crippen molar-refractivity contribution in [1.82, 2.24) is 14.5 Å². The second-order valence-corrected chi connectivity index (χ2v) is 4.70. The van der Waals surface area contributed by atoms with E-state index in [1.807, 2.05) is 47.0 Å². The molecule has 0 fully saturated rings. The van der Waals surface area contributed by atoms with E-state index in [9.17, 15) is 4.79 Å². The highest BCUT2D eigenvalue weighted by molar-refractivity contribution is 5.94. The lowest BCUT2D eigenvalue weighted by atomic mass is 10.2. The second kappa shape index (κ2) is 5.25. The van der Waals surface area contributed by atoms with Crippen molar-refractivity contribution in [2.45, 2.75) is 19.9 Å². The van der Waals surface area contributed by atoms with E-state index in [2.05, 4.69) is 9.97 Å². The number of fused-ring (bicyclic) bond motifs is 1. The SMILES string of the molecule is CC(=O)c1nc2ccccc2n1CCc1ccccn1. The van der Waals surface area contributed by atoms with Gasteiger partial charge in [0.15, 0.2) is 11.6 Å². The zero-order chi connectivity index (χ0) is 13.9. The number of benzene rings is 1. The number of aromatic nitrogens is 3. The molecule has 1 aromatic carbocycles. The summed E-state index contributed by atoms with van der Waals surface area (Å²) < 4.78 is 1.98. The highest BCUT2D eigenvalue weighted by Gasteiger charge is 2.13. The number of Topliss-reactive ketones (excluding diaryl/α,β-unsaturated/α-hetero) is 1. The van der Waals surface area contributed by atoms with Crippen molar-refractivity contribution in [1.29, 1.82) is 0 Å². The number of para-hydroxylation sites is 2. The molecule has 20 heavy (non-hydrogen) atoms. The van der Waals surface area contributed by atoms with E-state index in [1.165, 1.54) is 0 Å². The monoisotopic (exact) mass is 265 g/mol. The molecule has 4 heteroatoms. The Labute approximate surface area is 117 Å². The van der Waals surface area contributed by atoms with E-state index in [0.29, 0.717) is 12.4 Å². The summed E-state index contributed by atoms with van der Waals surface area (Å²) in [6, 6.07) is 13.7. The number of nitrogens with zero attached hydrogens (tertiary/aromatic N) is 3. The van der Waals surface area contributed by atoms with Gasteiger partial charge in [-0.2, -0.15) is 0 Å². The topological polar surface area (TPSA) is 47.8 Å². The van der Waals surface area contributed by atoms with Crippen LogP contribution in [0.25, 0.3) is 11.0 Å². The molecule has 0 aliphatic rings. The molecule has 2 aromatic heterocycles. The standard InChI is InChI=1S/C16H15N3O/c1-12(20)16-18-14-7-2-3-8-15(14)19(16)11-9-13-6-4-5-10-17-13/h2-8,10H,9,11H2,1H3. The van der Waals surface area contributed by atoms with Gasteiger partial charge < -0.3 is 4.57 Å². The minimum absolute atomic E-state index is 0.0118. The fourth-order valence-electron chi connectivity index (χ4n) is 2.34. The number of aryl methyl sites for hydroxylation is 2. The fourth-order valence-corrected chi connectivity index (χ4v) is 2.34. The number of imidazole rings is 1. The summed E-state index contributed by atoms with van der Waals surface area (Å²) in [6.07, 6.45) is 2.56. The minimum atomic E-state index is -0.0118. The van der Waals surface area contributed by atoms with E-state index in [0.717, 1.165) is 23.1 Å². The highest BCUT2D eigenvalue weighted by atomic mass is 16.1. The molecular formula is C16H15N3O. The van der Waals surface area contributed by atoms with Crippen LogP contribution in [0.5, 0.6) is 0 Å². The molecule has 0 N–H and O–H groups in total. The molecule has 100 valence electrons. The van der Waals surface area contributed by atoms with Crippen LogP contribution in [0, 0.1) is 0 Å². The Morgan fingerprint density at radius 1 is 1.15 bits per heavy atom. The molecular weight excluding hydrogens is 250 g/mol. The number of carbonyl (C=O) groups excluding carboxylic acids is 1. The van der Waals surface area contributed by atoms with Gasteiger partial charge in [-0.1, -0.05) is 18.2 Å². The fraction of sp³-hybridized carbons (Fsp3) is 0.188. The maximum absolute atomic E-state index is 11.7. The van der Waals surface area contributed by atoms with Crippen LogP contribution < -0.4 is 0 Å². The molecule has 0 aliphatic carbocycles. The summed E-state index contributed by atoms with van der Waals surface area (Å²) in [4.78, 5) is 20.5. The Bertz CT molecular complexity index is 747. The lowest BCUT2D eigenvalue weighted by molar-refractivity contribution is 0.1000. The largest absolute Gasteiger partial charge is 0.321 e. The van der Waals surface area contributed by atoms with E-state index >= 15 is 0 Å². The molecule has 0 saturated heterocycles. The van der Waals surface area contributed by atoms with Gasteiger partial charge in [0.25, 0.3) is 0 Å². The number of hydrogen-bond donors (Lipinski definition) is 0. The molecule has 0 radical (unpaired) electrons. The van der Waals surface area contributed by atoms with Gasteiger partial charge in [-0.15, -0.1) is 0 Å². The molecule has 0 aliphatic heterocycles. The predicted molar refractivity (Wildman–Crippen MR) is 77.7 cm³/mol. The summed E-state index contributed by atoms with van der Waals surface area (Å²) in [6.45, 7) is 2.25. The Balaban J connectivity index is 1.97. The quantitative estimate of drug-likeness (QED) is 0.681. The first kappa shape index (κ1) is 12.5. The van der Waals surface area contributed by atoms with Gasteiger partial charge in [0.2, 0.25) is 0 Å². The zero-order valence-electron chi connectivity index (χ0n) is 11.3. The smallest absolute Gasteiger partial charge is 0.195 e. The van der Waals surface area contributed by atoms with Gasteiger partial charge in [-0.25, -0.2) is 4.98 Å². The second-order valence-electron chi connectivity index (χ2n) is 4.70. The number of hydrogen-bond acceptors (Lipinski definition) is 3. The van der Waals surface area contributed by atoms with Gasteiger partial charge in [0, 0.05) is 31.8 Å². The van der Waals surface area contributed by atoms with Gasteiger partial charge in [-0.05, 0) is 24.3 Å². The molecule has 0 atom stereocenters. The first-order valence-electron chi connectivity index (χ1n) is 6.62. The molecule has 2 heterocycles. The molecule has 4 nitrogen and oxygen atoms in total. The van der Waals surface area contributed by atoms with Crippen LogP contribution in [0.1, 0.15) is 23.2 Å². The summed E-state index contributed by atoms with van der Waals surface area (Å²) in [5.74, 6) is 0.504. The van der Waals surface area contributed by atoms with Crippen LogP contribution in [0.2, 0.25) is 0 Å². The summed E-state index contributed by atoms with van der Waals surface area (Å²) in [5.41, 5.74) is 2.87. The first-order valence-corrected chi connectivity index (χ1v) is 6.62. The molecule has 0 unspecified atom stereocenters. The molecule has 3 rings (SSSR count). The van der Waals surface area contributed by atoms with Crippen LogP contribution in [0.4, 0.5) is 0 Å². The minimum Gasteiger partial charge on any atom is -0.321 e. The average Bonchev–Trinajstić information content (AvgIpc) is 2.85. The number of pyridine rings is 1. The molecule has 0 amide bonds. The Hall–Kier alpha value is -2.49. The van der Waals surface area contributed by atoms with Gasteiger partial charge in [-0.3, -0.25) is 9.78 Å². The number of rotatable bonds is 4. The van der Waals surface area contributed by atoms with Crippen molar-refractivity contribution in [2.24, 2.45) is 0 Å². The van der Waals surface area contributed by atoms with Crippen molar-refractivity contribution < 1.29 is 4.79 Å². The normalized spacial score (nSPS) is 10.8. The maximum atomic E-state index is 11.7. The Kier molecular flexibility index (Phi) is 3.29. The van der Waals surface area contributed by atoms with E-state index in [4.69, 9.17) is 0 Å². The van der Waals surface area contributed by atoms with Crippen LogP contribution in [-0.4, -0.2) is 20.3 Å². The highest BCUT2D eigenvalue weighted by Crippen LogP contribution is 2.17. The van der Waals surface area contributed by atoms with Crippen molar-refractivity contribution in [3.8, 4) is 0 Å². The van der Waals surface area contributed by atoms with Crippen LogP contribution in [-0.2, 0) is 13.0 Å². The van der Waals surface area contributed by atoms with Crippen LogP contribution in [0.15, 0.2) is 48.7 Å². The third-order valence-electron chi connectivity index (χ3n) is 3.29. The van der Waals surface area contributed by atoms with Crippen LogP contribution >= 0.6 is 0 Å². The average molecular weight is 265 g/mol. The molecule has 0 saturated carbocycles. The zero-order valence-corrected chi connectivity index (χ0v) is 11.3. The first-order chi connectivity index (χ1) is 9.75. The van der Waals surface area contributed by atoms with Crippen molar-refractivity contribution in [2.75, 3.05) is 0 Å². The van der Waals surface area contributed by atoms with Crippen LogP contribution in [0.3, 0.4) is 0 Å². The van der Waals surface area contributed by atoms with Gasteiger partial charge in [0.05, 0.1) is 11.0 Å². The summed E-state index contributed by atoms with van der Waals surface area (Å²) in [7, 11) is 0. The Morgan fingerprint density at radius 3 is 2.70 bits per heavy atom. The van der Waals surface area contributed by atoms with Crippen molar-refractivity contribution in [3.63, 3.8) is 0 Å². The Morgan fingerprint density at radius 2 is 1.95 bits per heavy atom. The summed E-state index contributed by atoms with van der Waals surface area (Å²) >= 11 is 0. The molecule has 0 spiro atoms. The molecule has 3 aromatic rings. The lowest BCUT2D eigenvalue weighted by Gasteiger charge is -2.07. The number of carbonyl (C=O) groups is 1. The third-order valence-corrected chi connectivity index (χ3v) is 3.29. The predicted octanol–water partition coefficient (Wildman–Crippen LogP) is 2.88. The van der Waals surface area contributed by atoms with E-state index in [-0.39, 0.29) is 5.78 Å². The lowest BCUT2D eigenvalue weighted by Crippen LogP contribution is -2.10. The van der Waals surface area contributed by atoms with Gasteiger partial charge >= 0.3 is 0 Å². The summed E-state index contributed by atoms with van der Waals surface area (Å²) in [5, 5.41) is 0. The van der Waals surface area contributed by atoms with Crippen molar-refractivity contribution in [3.05, 3.63) is 60.2 Å². The molecule has 0 bridgehead atoms. The van der Waals surface area contributed by atoms with Gasteiger partial charge in [0.1, 0.15) is 0 Å². The maximum Gasteiger partial charge on any atom is 0.195 e. The number of ketones is 1. The third kappa shape index (κ3) is 2.32. The van der Waals surface area contributed by atoms with E-state index < -0.39 is 0 Å². The van der Waals surface area contributed by atoms with E-state index in [1.54, 1.807) is 13.1 Å². The van der Waals surface area contributed by atoms with Crippen molar-refractivity contribution >= 4 is 16.8 Å².